The van der Waals surface area contributed by atoms with Gasteiger partial charge in [-0.25, -0.2) is 0 Å². The van der Waals surface area contributed by atoms with Gasteiger partial charge in [-0.05, 0) is 50.1 Å². The van der Waals surface area contributed by atoms with Crippen LogP contribution in [0.2, 0.25) is 0 Å². The Morgan fingerprint density at radius 2 is 1.83 bits per heavy atom. The molecule has 3 rings (SSSR count). The Kier molecular flexibility index (Phi) is 5.54. The van der Waals surface area contributed by atoms with E-state index in [1.54, 1.807) is 0 Å². The third kappa shape index (κ3) is 4.37. The highest BCUT2D eigenvalue weighted by Crippen LogP contribution is 2.24. The Balaban J connectivity index is 1.54. The molecule has 1 aliphatic rings. The Hall–Kier alpha value is -1.84. The smallest absolute Gasteiger partial charge is 0.0317 e. The number of benzene rings is 2. The third-order valence-electron chi connectivity index (χ3n) is 5.22. The van der Waals surface area contributed by atoms with Crippen LogP contribution in [0.25, 0.3) is 0 Å². The molecular formula is C21H29N3. The zero-order valence-corrected chi connectivity index (χ0v) is 14.9. The molecule has 0 aliphatic carbocycles. The van der Waals surface area contributed by atoms with Gasteiger partial charge in [0, 0.05) is 37.4 Å². The van der Waals surface area contributed by atoms with E-state index >= 15 is 0 Å². The molecule has 0 saturated carbocycles. The van der Waals surface area contributed by atoms with Gasteiger partial charge in [-0.15, -0.1) is 0 Å². The first-order chi connectivity index (χ1) is 11.6. The van der Waals surface area contributed by atoms with Gasteiger partial charge < -0.3 is 5.73 Å². The highest BCUT2D eigenvalue weighted by Gasteiger charge is 2.27. The van der Waals surface area contributed by atoms with E-state index in [1.165, 1.54) is 30.5 Å². The zero-order chi connectivity index (χ0) is 16.9. The van der Waals surface area contributed by atoms with E-state index in [0.717, 1.165) is 18.8 Å². The lowest BCUT2D eigenvalue weighted by molar-refractivity contribution is 0.0772. The Morgan fingerprint density at radius 3 is 2.54 bits per heavy atom. The maximum absolute atomic E-state index is 5.90. The molecule has 2 atom stereocenters. The fraction of sp³-hybridized carbons (Fsp3) is 0.429. The average molecular weight is 323 g/mol. The molecule has 3 nitrogen and oxygen atoms in total. The van der Waals surface area contributed by atoms with Crippen LogP contribution in [-0.4, -0.2) is 35.5 Å². The molecule has 24 heavy (non-hydrogen) atoms. The molecular weight excluding hydrogens is 294 g/mol. The van der Waals surface area contributed by atoms with Crippen molar-refractivity contribution in [3.8, 4) is 0 Å². The van der Waals surface area contributed by atoms with Crippen molar-refractivity contribution in [3.63, 3.8) is 0 Å². The van der Waals surface area contributed by atoms with E-state index in [-0.39, 0.29) is 0 Å². The van der Waals surface area contributed by atoms with E-state index in [0.29, 0.717) is 12.1 Å². The Bertz CT molecular complexity index is 641. The van der Waals surface area contributed by atoms with Gasteiger partial charge in [0.1, 0.15) is 0 Å². The molecule has 1 saturated heterocycles. The molecule has 0 radical (unpaired) electrons. The predicted octanol–water partition coefficient (Wildman–Crippen LogP) is 3.75. The normalized spacial score (nSPS) is 22.0. The van der Waals surface area contributed by atoms with Crippen LogP contribution in [0.15, 0.2) is 54.6 Å². The van der Waals surface area contributed by atoms with Crippen molar-refractivity contribution in [2.75, 3.05) is 19.3 Å². The number of piperidine rings is 1. The van der Waals surface area contributed by atoms with Gasteiger partial charge >= 0.3 is 0 Å². The van der Waals surface area contributed by atoms with Crippen molar-refractivity contribution in [1.29, 1.82) is 0 Å². The largest absolute Gasteiger partial charge is 0.399 e. The van der Waals surface area contributed by atoms with E-state index in [9.17, 15) is 0 Å². The Morgan fingerprint density at radius 1 is 1.08 bits per heavy atom. The molecule has 2 aromatic rings. The van der Waals surface area contributed by atoms with Crippen molar-refractivity contribution >= 4 is 5.69 Å². The van der Waals surface area contributed by atoms with Gasteiger partial charge in [-0.1, -0.05) is 42.5 Å². The fourth-order valence-electron chi connectivity index (χ4n) is 3.76. The van der Waals surface area contributed by atoms with Crippen molar-refractivity contribution < 1.29 is 0 Å². The maximum atomic E-state index is 5.90. The van der Waals surface area contributed by atoms with Gasteiger partial charge in [0.2, 0.25) is 0 Å². The number of likely N-dealkylation sites (tertiary alicyclic amines) is 1. The standard InChI is InChI=1S/C21H29N3/c1-17-13-21(23(2)15-19-9-6-10-20(22)14-19)11-12-24(17)16-18-7-4-3-5-8-18/h3-10,14,17,21H,11-13,15-16,22H2,1-2H3. The number of anilines is 1. The monoisotopic (exact) mass is 323 g/mol. The minimum Gasteiger partial charge on any atom is -0.399 e. The second-order valence-corrected chi connectivity index (χ2v) is 7.14. The van der Waals surface area contributed by atoms with Gasteiger partial charge in [0.25, 0.3) is 0 Å². The van der Waals surface area contributed by atoms with Crippen LogP contribution in [0.1, 0.15) is 30.9 Å². The number of hydrogen-bond donors (Lipinski definition) is 1. The number of rotatable bonds is 5. The zero-order valence-electron chi connectivity index (χ0n) is 14.9. The summed E-state index contributed by atoms with van der Waals surface area (Å²) in [4.78, 5) is 5.10. The van der Waals surface area contributed by atoms with Crippen LogP contribution in [0.4, 0.5) is 5.69 Å². The lowest BCUT2D eigenvalue weighted by Crippen LogP contribution is -2.47. The molecule has 2 unspecified atom stereocenters. The summed E-state index contributed by atoms with van der Waals surface area (Å²) in [6, 6.07) is 20.3. The molecule has 1 fully saturated rings. The molecule has 0 bridgehead atoms. The second kappa shape index (κ2) is 7.82. The van der Waals surface area contributed by atoms with Crippen LogP contribution in [0, 0.1) is 0 Å². The molecule has 0 amide bonds. The average Bonchev–Trinajstić information content (AvgIpc) is 2.57. The van der Waals surface area contributed by atoms with E-state index in [1.807, 2.05) is 12.1 Å². The quantitative estimate of drug-likeness (QED) is 0.851. The molecule has 1 heterocycles. The number of nitrogens with two attached hydrogens (primary N) is 1. The highest BCUT2D eigenvalue weighted by molar-refractivity contribution is 5.40. The van der Waals surface area contributed by atoms with Gasteiger partial charge in [0.15, 0.2) is 0 Å². The number of hydrogen-bond acceptors (Lipinski definition) is 3. The topological polar surface area (TPSA) is 32.5 Å². The first kappa shape index (κ1) is 17.0. The summed E-state index contributed by atoms with van der Waals surface area (Å²) in [5.41, 5.74) is 9.47. The lowest BCUT2D eigenvalue weighted by atomic mass is 9.96. The summed E-state index contributed by atoms with van der Waals surface area (Å²) in [6.45, 7) is 5.57. The van der Waals surface area contributed by atoms with Gasteiger partial charge in [0.05, 0.1) is 0 Å². The molecule has 0 spiro atoms. The van der Waals surface area contributed by atoms with Crippen molar-refractivity contribution in [1.82, 2.24) is 9.80 Å². The Labute approximate surface area is 146 Å². The van der Waals surface area contributed by atoms with Crippen LogP contribution in [-0.2, 0) is 13.1 Å². The van der Waals surface area contributed by atoms with Gasteiger partial charge in [-0.2, -0.15) is 0 Å². The molecule has 0 aromatic heterocycles. The van der Waals surface area contributed by atoms with Crippen LogP contribution < -0.4 is 5.73 Å². The van der Waals surface area contributed by atoms with Crippen molar-refractivity contribution in [2.45, 2.75) is 44.9 Å². The number of nitrogens with zero attached hydrogens (tertiary/aromatic N) is 2. The molecule has 128 valence electrons. The second-order valence-electron chi connectivity index (χ2n) is 7.14. The summed E-state index contributed by atoms with van der Waals surface area (Å²) in [5.74, 6) is 0. The summed E-state index contributed by atoms with van der Waals surface area (Å²) >= 11 is 0. The SMILES string of the molecule is CC1CC(N(C)Cc2cccc(N)c2)CCN1Cc1ccccc1. The molecule has 3 heteroatoms. The maximum Gasteiger partial charge on any atom is 0.0317 e. The number of nitrogen functional groups attached to an aromatic ring is 1. The van der Waals surface area contributed by atoms with Crippen molar-refractivity contribution in [3.05, 3.63) is 65.7 Å². The molecule has 1 aliphatic heterocycles. The molecule has 2 aromatic carbocycles. The predicted molar refractivity (Wildman–Crippen MR) is 102 cm³/mol. The van der Waals surface area contributed by atoms with Crippen LogP contribution >= 0.6 is 0 Å². The van der Waals surface area contributed by atoms with E-state index in [2.05, 4.69) is 66.2 Å². The first-order valence-electron chi connectivity index (χ1n) is 8.94. The van der Waals surface area contributed by atoms with Crippen LogP contribution in [0.3, 0.4) is 0 Å². The summed E-state index contributed by atoms with van der Waals surface area (Å²) in [6.07, 6.45) is 2.46. The van der Waals surface area contributed by atoms with E-state index < -0.39 is 0 Å². The van der Waals surface area contributed by atoms with Crippen LogP contribution in [0.5, 0.6) is 0 Å². The first-order valence-corrected chi connectivity index (χ1v) is 8.94. The third-order valence-corrected chi connectivity index (χ3v) is 5.22. The van der Waals surface area contributed by atoms with E-state index in [4.69, 9.17) is 5.73 Å². The minimum atomic E-state index is 0.618. The lowest BCUT2D eigenvalue weighted by Gasteiger charge is -2.41. The summed E-state index contributed by atoms with van der Waals surface area (Å²) in [7, 11) is 2.24. The molecule has 2 N–H and O–H groups in total. The minimum absolute atomic E-state index is 0.618. The highest BCUT2D eigenvalue weighted by atomic mass is 15.2. The van der Waals surface area contributed by atoms with Gasteiger partial charge in [-0.3, -0.25) is 9.80 Å². The fourth-order valence-corrected chi connectivity index (χ4v) is 3.76. The summed E-state index contributed by atoms with van der Waals surface area (Å²) < 4.78 is 0. The van der Waals surface area contributed by atoms with Crippen molar-refractivity contribution in [2.24, 2.45) is 0 Å². The summed E-state index contributed by atoms with van der Waals surface area (Å²) in [5, 5.41) is 0.